The van der Waals surface area contributed by atoms with Gasteiger partial charge in [-0.15, -0.1) is 0 Å². The molecule has 0 heterocycles. The van der Waals surface area contributed by atoms with Crippen LogP contribution in [0.1, 0.15) is 68.6 Å². The van der Waals surface area contributed by atoms with Crippen molar-refractivity contribution in [3.8, 4) is 11.5 Å². The zero-order chi connectivity index (χ0) is 21.1. The number of phenolic OH excluding ortho intramolecular Hbond substituents is 1. The average molecular weight is 383 g/mol. The van der Waals surface area contributed by atoms with Crippen LogP contribution in [0.25, 0.3) is 0 Å². The van der Waals surface area contributed by atoms with Gasteiger partial charge >= 0.3 is 0 Å². The third-order valence-electron chi connectivity index (χ3n) is 4.54. The number of ether oxygens (including phenoxy) is 1. The first-order chi connectivity index (χ1) is 12.9. The Kier molecular flexibility index (Phi) is 6.17. The van der Waals surface area contributed by atoms with E-state index in [4.69, 9.17) is 4.74 Å². The molecule has 0 atom stereocenters. The number of aromatic hydroxyl groups is 1. The summed E-state index contributed by atoms with van der Waals surface area (Å²) in [5.41, 5.74) is 5.20. The van der Waals surface area contributed by atoms with E-state index < -0.39 is 0 Å². The van der Waals surface area contributed by atoms with Crippen molar-refractivity contribution < 1.29 is 14.6 Å². The fourth-order valence-corrected chi connectivity index (χ4v) is 2.73. The Morgan fingerprint density at radius 1 is 1.04 bits per heavy atom. The Hall–Kier alpha value is -2.82. The maximum atomic E-state index is 12.2. The molecule has 0 bridgehead atoms. The highest BCUT2D eigenvalue weighted by molar-refractivity contribution is 5.95. The minimum absolute atomic E-state index is 0.0807. The number of amides is 1. The van der Waals surface area contributed by atoms with Crippen LogP contribution >= 0.6 is 0 Å². The highest BCUT2D eigenvalue weighted by Gasteiger charge is 2.24. The molecule has 0 spiro atoms. The Morgan fingerprint density at radius 2 is 1.64 bits per heavy atom. The van der Waals surface area contributed by atoms with Crippen LogP contribution in [0.5, 0.6) is 11.5 Å². The monoisotopic (exact) mass is 382 g/mol. The number of phenols is 1. The topological polar surface area (TPSA) is 70.9 Å². The van der Waals surface area contributed by atoms with Gasteiger partial charge in [0.15, 0.2) is 0 Å². The lowest BCUT2D eigenvalue weighted by Gasteiger charge is -2.26. The summed E-state index contributed by atoms with van der Waals surface area (Å²) in [6.45, 7) is 12.5. The van der Waals surface area contributed by atoms with Gasteiger partial charge in [0.1, 0.15) is 11.5 Å². The predicted molar refractivity (Wildman–Crippen MR) is 114 cm³/mol. The van der Waals surface area contributed by atoms with Gasteiger partial charge < -0.3 is 9.84 Å². The molecule has 2 N–H and O–H groups in total. The van der Waals surface area contributed by atoms with Gasteiger partial charge in [-0.3, -0.25) is 4.79 Å². The smallest absolute Gasteiger partial charge is 0.271 e. The molecule has 0 saturated heterocycles. The second-order valence-corrected chi connectivity index (χ2v) is 8.89. The molecule has 0 saturated carbocycles. The number of nitrogens with one attached hydrogen (secondary N) is 1. The molecule has 0 fully saturated rings. The Morgan fingerprint density at radius 3 is 2.14 bits per heavy atom. The van der Waals surface area contributed by atoms with Crippen molar-refractivity contribution in [3.63, 3.8) is 0 Å². The Bertz CT molecular complexity index is 870. The lowest BCUT2D eigenvalue weighted by molar-refractivity contribution is 0.0955. The number of nitrogens with zero attached hydrogens (tertiary/aromatic N) is 1. The summed E-state index contributed by atoms with van der Waals surface area (Å²) in [5, 5.41) is 14.8. The molecule has 2 aromatic rings. The van der Waals surface area contributed by atoms with E-state index in [1.165, 1.54) is 6.21 Å². The number of benzene rings is 2. The largest absolute Gasteiger partial charge is 0.507 e. The minimum Gasteiger partial charge on any atom is -0.507 e. The first-order valence-electron chi connectivity index (χ1n) is 9.29. The fraction of sp³-hybridized carbons (Fsp3) is 0.391. The van der Waals surface area contributed by atoms with Crippen LogP contribution in [0.3, 0.4) is 0 Å². The normalized spacial score (nSPS) is 12.2. The number of rotatable bonds is 4. The lowest BCUT2D eigenvalue weighted by Crippen LogP contribution is -2.19. The van der Waals surface area contributed by atoms with Crippen LogP contribution in [0.2, 0.25) is 0 Å². The fourth-order valence-electron chi connectivity index (χ4n) is 2.73. The van der Waals surface area contributed by atoms with Gasteiger partial charge in [-0.1, -0.05) is 47.6 Å². The Balaban J connectivity index is 2.29. The molecule has 5 heteroatoms. The van der Waals surface area contributed by atoms with Gasteiger partial charge in [0.25, 0.3) is 5.91 Å². The highest BCUT2D eigenvalue weighted by Crippen LogP contribution is 2.37. The van der Waals surface area contributed by atoms with Gasteiger partial charge in [-0.05, 0) is 46.7 Å². The molecule has 28 heavy (non-hydrogen) atoms. The van der Waals surface area contributed by atoms with E-state index in [0.717, 1.165) is 11.1 Å². The SMILES string of the molecule is COc1ccc(C(=O)N/N=C/c2cc(C(C)(C)C)cc(C(C)(C)C)c2O)cc1. The van der Waals surface area contributed by atoms with Crippen molar-refractivity contribution in [2.75, 3.05) is 7.11 Å². The summed E-state index contributed by atoms with van der Waals surface area (Å²) in [5.74, 6) is 0.531. The van der Waals surface area contributed by atoms with Crippen LogP contribution in [-0.4, -0.2) is 24.3 Å². The van der Waals surface area contributed by atoms with Crippen LogP contribution < -0.4 is 10.2 Å². The van der Waals surface area contributed by atoms with Crippen molar-refractivity contribution in [2.24, 2.45) is 5.10 Å². The number of hydrogen-bond acceptors (Lipinski definition) is 4. The average Bonchev–Trinajstić information content (AvgIpc) is 2.61. The van der Waals surface area contributed by atoms with Gasteiger partial charge in [-0.2, -0.15) is 5.10 Å². The van der Waals surface area contributed by atoms with Crippen molar-refractivity contribution in [1.29, 1.82) is 0 Å². The maximum Gasteiger partial charge on any atom is 0.271 e. The standard InChI is InChI=1S/C23H30N2O3/c1-22(2,3)17-12-16(20(26)19(13-17)23(4,5)6)14-24-25-21(27)15-8-10-18(28-7)11-9-15/h8-14,26H,1-7H3,(H,25,27)/b24-14+. The molecule has 1 amide bonds. The number of hydrazone groups is 1. The Labute approximate surface area is 167 Å². The number of methoxy groups -OCH3 is 1. The molecule has 2 rings (SSSR count). The quantitative estimate of drug-likeness (QED) is 0.592. The number of carbonyl (C=O) groups is 1. The van der Waals surface area contributed by atoms with E-state index >= 15 is 0 Å². The van der Waals surface area contributed by atoms with E-state index in [-0.39, 0.29) is 22.5 Å². The summed E-state index contributed by atoms with van der Waals surface area (Å²) in [6.07, 6.45) is 1.49. The van der Waals surface area contributed by atoms with Crippen LogP contribution in [0.15, 0.2) is 41.5 Å². The molecule has 0 aliphatic carbocycles. The van der Waals surface area contributed by atoms with Crippen LogP contribution in [0, 0.1) is 0 Å². The molecule has 0 radical (unpaired) electrons. The summed E-state index contributed by atoms with van der Waals surface area (Å²) in [7, 11) is 1.57. The molecule has 5 nitrogen and oxygen atoms in total. The van der Waals surface area contributed by atoms with Crippen molar-refractivity contribution in [2.45, 2.75) is 52.4 Å². The molecule has 0 unspecified atom stereocenters. The molecular weight excluding hydrogens is 352 g/mol. The van der Waals surface area contributed by atoms with Crippen LogP contribution in [0.4, 0.5) is 0 Å². The summed E-state index contributed by atoms with van der Waals surface area (Å²) >= 11 is 0. The summed E-state index contributed by atoms with van der Waals surface area (Å²) < 4.78 is 5.09. The first-order valence-corrected chi connectivity index (χ1v) is 9.29. The predicted octanol–water partition coefficient (Wildman–Crippen LogP) is 4.76. The van der Waals surface area contributed by atoms with Crippen molar-refractivity contribution >= 4 is 12.1 Å². The molecule has 0 aliphatic heterocycles. The second kappa shape index (κ2) is 8.05. The van der Waals surface area contributed by atoms with Crippen molar-refractivity contribution in [1.82, 2.24) is 5.43 Å². The zero-order valence-corrected chi connectivity index (χ0v) is 17.8. The van der Waals surface area contributed by atoms with Gasteiger partial charge in [0.2, 0.25) is 0 Å². The van der Waals surface area contributed by atoms with E-state index in [2.05, 4.69) is 52.1 Å². The molecular formula is C23H30N2O3. The van der Waals surface area contributed by atoms with E-state index in [0.29, 0.717) is 16.9 Å². The van der Waals surface area contributed by atoms with E-state index in [1.54, 1.807) is 31.4 Å². The second-order valence-electron chi connectivity index (χ2n) is 8.89. The molecule has 150 valence electrons. The first kappa shape index (κ1) is 21.5. The third-order valence-corrected chi connectivity index (χ3v) is 4.54. The maximum absolute atomic E-state index is 12.2. The van der Waals surface area contributed by atoms with Gasteiger partial charge in [0, 0.05) is 16.7 Å². The van der Waals surface area contributed by atoms with Crippen molar-refractivity contribution in [3.05, 3.63) is 58.7 Å². The molecule has 2 aromatic carbocycles. The van der Waals surface area contributed by atoms with Crippen LogP contribution in [-0.2, 0) is 10.8 Å². The zero-order valence-electron chi connectivity index (χ0n) is 17.8. The van der Waals surface area contributed by atoms with E-state index in [1.807, 2.05) is 12.1 Å². The minimum atomic E-state index is -0.332. The summed E-state index contributed by atoms with van der Waals surface area (Å²) in [4.78, 5) is 12.2. The van der Waals surface area contributed by atoms with Gasteiger partial charge in [0.05, 0.1) is 13.3 Å². The molecule has 0 aromatic heterocycles. The third kappa shape index (κ3) is 5.12. The summed E-state index contributed by atoms with van der Waals surface area (Å²) in [6, 6.07) is 10.7. The van der Waals surface area contributed by atoms with E-state index in [9.17, 15) is 9.90 Å². The van der Waals surface area contributed by atoms with Gasteiger partial charge in [-0.25, -0.2) is 5.43 Å². The number of hydrogen-bond donors (Lipinski definition) is 2. The number of carbonyl (C=O) groups excluding carboxylic acids is 1. The highest BCUT2D eigenvalue weighted by atomic mass is 16.5. The molecule has 0 aliphatic rings. The lowest BCUT2D eigenvalue weighted by atomic mass is 9.79.